The third-order valence-electron chi connectivity index (χ3n) is 13.0. The highest BCUT2D eigenvalue weighted by molar-refractivity contribution is 5.89. The summed E-state index contributed by atoms with van der Waals surface area (Å²) in [5.41, 5.74) is 12.8. The Labute approximate surface area is 348 Å². The predicted molar refractivity (Wildman–Crippen MR) is 225 cm³/mol. The minimum absolute atomic E-state index is 0.0829. The van der Waals surface area contributed by atoms with Gasteiger partial charge in [-0.1, -0.05) is 88.7 Å². The van der Waals surface area contributed by atoms with Gasteiger partial charge in [0, 0.05) is 25.2 Å². The average molecular weight is 826 g/mol. The van der Waals surface area contributed by atoms with Crippen molar-refractivity contribution in [1.82, 2.24) is 14.9 Å². The number of nitrogens with zero attached hydrogens (tertiary/aromatic N) is 2. The summed E-state index contributed by atoms with van der Waals surface area (Å²) in [7, 11) is 0. The molecule has 0 spiro atoms. The number of hydrogen-bond acceptors (Lipinski definition) is 6. The Morgan fingerprint density at radius 2 is 1.70 bits per heavy atom. The van der Waals surface area contributed by atoms with Crippen molar-refractivity contribution in [2.24, 2.45) is 11.3 Å². The van der Waals surface area contributed by atoms with Crippen LogP contribution in [0.25, 0.3) is 33.5 Å². The maximum absolute atomic E-state index is 11.2. The summed E-state index contributed by atoms with van der Waals surface area (Å²) >= 11 is 0. The fourth-order valence-corrected chi connectivity index (χ4v) is 10.1. The summed E-state index contributed by atoms with van der Waals surface area (Å²) in [6.07, 6.45) is 1.84. The number of rotatable bonds is 10. The number of alkyl halides is 3. The predicted octanol–water partition coefficient (Wildman–Crippen LogP) is 10.2. The Morgan fingerprint density at radius 3 is 2.42 bits per heavy atom. The standard InChI is InChI=1S/C46H53N3O4.C2HF3O2/c1-30(2)32-12-15-39-34(25-32)13-17-41-45(3,18-7-19-46(39,41)4)27-38-37(33-9-5-8-31(24-33)28-49-20-22-52-23-21-49)14-16-40-43(38)48-44(47-40)35-10-6-11-36(26-35)53-29-42(50)51;3-2(4,5)1(6)7/h5-6,8-12,14-16,24-26,30,41H,7,13,17-23,27-29H2,1-4H3,(H,47,48)(H,50,51);(H,6,7)/t41-,45+,46+;/m0./s1. The fourth-order valence-electron chi connectivity index (χ4n) is 10.1. The molecule has 0 unspecified atom stereocenters. The van der Waals surface area contributed by atoms with Crippen LogP contribution >= 0.6 is 0 Å². The van der Waals surface area contributed by atoms with Crippen LogP contribution in [-0.2, 0) is 39.1 Å². The van der Waals surface area contributed by atoms with E-state index in [0.717, 1.165) is 68.1 Å². The first kappa shape index (κ1) is 42.9. The zero-order chi connectivity index (χ0) is 42.8. The number of aliphatic carboxylic acids is 2. The van der Waals surface area contributed by atoms with Gasteiger partial charge in [-0.3, -0.25) is 4.90 Å². The van der Waals surface area contributed by atoms with Crippen LogP contribution in [0.5, 0.6) is 5.75 Å². The number of H-pyrrole nitrogens is 1. The normalized spacial score (nSPS) is 21.8. The number of nitrogens with one attached hydrogen (secondary N) is 1. The van der Waals surface area contributed by atoms with Gasteiger partial charge in [-0.15, -0.1) is 0 Å². The Morgan fingerprint density at radius 1 is 0.967 bits per heavy atom. The van der Waals surface area contributed by atoms with Crippen LogP contribution in [0, 0.1) is 11.3 Å². The number of benzene rings is 4. The minimum atomic E-state index is -5.08. The second-order valence-corrected chi connectivity index (χ2v) is 17.4. The topological polar surface area (TPSA) is 125 Å². The molecule has 1 aromatic heterocycles. The minimum Gasteiger partial charge on any atom is -0.482 e. The molecule has 0 radical (unpaired) electrons. The largest absolute Gasteiger partial charge is 0.490 e. The summed E-state index contributed by atoms with van der Waals surface area (Å²) < 4.78 is 42.9. The molecular weight excluding hydrogens is 772 g/mol. The third-order valence-corrected chi connectivity index (χ3v) is 13.0. The number of ether oxygens (including phenoxy) is 2. The van der Waals surface area contributed by atoms with E-state index in [9.17, 15) is 23.1 Å². The van der Waals surface area contributed by atoms with Crippen molar-refractivity contribution in [3.05, 3.63) is 107 Å². The summed E-state index contributed by atoms with van der Waals surface area (Å²) in [5, 5.41) is 16.3. The number of aryl methyl sites for hydroxylation is 1. The molecule has 12 heteroatoms. The smallest absolute Gasteiger partial charge is 0.482 e. The molecule has 2 fully saturated rings. The SMILES string of the molecule is CC(C)c1ccc2c(c1)CC[C@H]1[C@@](C)(Cc3c(-c4cccc(CN5CCOCC5)c4)ccc4[nH]c(-c5cccc(OCC(=O)O)c5)nc34)CCC[C@]21C.O=C(O)C(F)(F)F. The first-order valence-electron chi connectivity index (χ1n) is 20.8. The molecule has 0 bridgehead atoms. The number of carboxylic acid groups (broad SMARTS) is 2. The van der Waals surface area contributed by atoms with E-state index in [0.29, 0.717) is 17.6 Å². The highest BCUT2D eigenvalue weighted by Crippen LogP contribution is 2.59. The first-order valence-corrected chi connectivity index (χ1v) is 20.8. The molecule has 60 heavy (non-hydrogen) atoms. The van der Waals surface area contributed by atoms with Crippen molar-refractivity contribution in [2.75, 3.05) is 32.9 Å². The number of hydrogen-bond donors (Lipinski definition) is 3. The zero-order valence-electron chi connectivity index (χ0n) is 34.7. The Hall–Kier alpha value is -5.20. The van der Waals surface area contributed by atoms with Gasteiger partial charge in [0.2, 0.25) is 0 Å². The van der Waals surface area contributed by atoms with E-state index in [4.69, 9.17) is 24.4 Å². The summed E-state index contributed by atoms with van der Waals surface area (Å²) in [6, 6.07) is 28.5. The van der Waals surface area contributed by atoms with E-state index in [1.54, 1.807) is 17.2 Å². The molecule has 1 saturated carbocycles. The average Bonchev–Trinajstić information content (AvgIpc) is 3.66. The molecular formula is C48H54F3N3O6. The summed E-state index contributed by atoms with van der Waals surface area (Å²) in [4.78, 5) is 31.6. The quantitative estimate of drug-likeness (QED) is 0.127. The van der Waals surface area contributed by atoms with Gasteiger partial charge in [0.25, 0.3) is 0 Å². The third kappa shape index (κ3) is 9.24. The molecule has 2 aliphatic carbocycles. The molecule has 3 N–H and O–H groups in total. The van der Waals surface area contributed by atoms with Crippen molar-refractivity contribution in [2.45, 2.75) is 90.3 Å². The van der Waals surface area contributed by atoms with Crippen molar-refractivity contribution in [1.29, 1.82) is 0 Å². The van der Waals surface area contributed by atoms with E-state index in [1.807, 2.05) is 18.2 Å². The lowest BCUT2D eigenvalue weighted by Crippen LogP contribution is -2.50. The van der Waals surface area contributed by atoms with Gasteiger partial charge >= 0.3 is 18.1 Å². The zero-order valence-corrected chi connectivity index (χ0v) is 34.7. The lowest BCUT2D eigenvalue weighted by Gasteiger charge is -2.56. The fraction of sp³-hybridized carbons (Fsp3) is 0.438. The molecule has 4 aromatic carbocycles. The number of aromatic nitrogens is 2. The van der Waals surface area contributed by atoms with E-state index < -0.39 is 18.1 Å². The molecule has 8 rings (SSSR count). The highest BCUT2D eigenvalue weighted by Gasteiger charge is 2.52. The monoisotopic (exact) mass is 825 g/mol. The van der Waals surface area contributed by atoms with Crippen LogP contribution in [-0.4, -0.2) is 76.1 Å². The van der Waals surface area contributed by atoms with E-state index in [2.05, 4.69) is 92.2 Å². The molecule has 318 valence electrons. The van der Waals surface area contributed by atoms with Gasteiger partial charge in [-0.2, -0.15) is 13.2 Å². The Balaban J connectivity index is 0.000000716. The van der Waals surface area contributed by atoms with Crippen LogP contribution in [0.1, 0.15) is 87.1 Å². The van der Waals surface area contributed by atoms with E-state index >= 15 is 0 Å². The van der Waals surface area contributed by atoms with Gasteiger partial charge < -0.3 is 24.7 Å². The number of carbonyl (C=O) groups is 2. The first-order chi connectivity index (χ1) is 28.5. The van der Waals surface area contributed by atoms with Gasteiger partial charge in [0.05, 0.1) is 24.2 Å². The molecule has 0 amide bonds. The molecule has 5 aromatic rings. The number of halogens is 3. The van der Waals surface area contributed by atoms with Crippen molar-refractivity contribution >= 4 is 23.0 Å². The maximum Gasteiger partial charge on any atom is 0.490 e. The Kier molecular flexibility index (Phi) is 12.5. The second-order valence-electron chi connectivity index (χ2n) is 17.4. The van der Waals surface area contributed by atoms with Crippen LogP contribution < -0.4 is 4.74 Å². The van der Waals surface area contributed by atoms with Gasteiger partial charge in [0.1, 0.15) is 11.6 Å². The van der Waals surface area contributed by atoms with Crippen LogP contribution in [0.2, 0.25) is 0 Å². The van der Waals surface area contributed by atoms with Gasteiger partial charge in [-0.05, 0) is 118 Å². The lowest BCUT2D eigenvalue weighted by molar-refractivity contribution is -0.192. The number of fused-ring (bicyclic) bond motifs is 4. The van der Waals surface area contributed by atoms with Crippen LogP contribution in [0.3, 0.4) is 0 Å². The number of morpholine rings is 1. The highest BCUT2D eigenvalue weighted by atomic mass is 19.4. The molecule has 2 heterocycles. The molecule has 1 aliphatic heterocycles. The number of aromatic amines is 1. The van der Waals surface area contributed by atoms with Crippen LogP contribution in [0.15, 0.2) is 78.9 Å². The molecule has 3 aliphatic rings. The molecule has 9 nitrogen and oxygen atoms in total. The maximum atomic E-state index is 11.2. The van der Waals surface area contributed by atoms with Crippen molar-refractivity contribution < 1.29 is 42.4 Å². The summed E-state index contributed by atoms with van der Waals surface area (Å²) in [5.74, 6) is -1.40. The number of carboxylic acids is 2. The molecule has 3 atom stereocenters. The summed E-state index contributed by atoms with van der Waals surface area (Å²) in [6.45, 7) is 13.8. The lowest BCUT2D eigenvalue weighted by atomic mass is 9.48. The van der Waals surface area contributed by atoms with E-state index in [1.165, 1.54) is 53.5 Å². The Bertz CT molecular complexity index is 2350. The van der Waals surface area contributed by atoms with Crippen molar-refractivity contribution in [3.63, 3.8) is 0 Å². The van der Waals surface area contributed by atoms with E-state index in [-0.39, 0.29) is 17.4 Å². The van der Waals surface area contributed by atoms with Gasteiger partial charge in [0.15, 0.2) is 6.61 Å². The molecule has 1 saturated heterocycles. The second kappa shape index (κ2) is 17.4. The van der Waals surface area contributed by atoms with Crippen LogP contribution in [0.4, 0.5) is 13.2 Å². The van der Waals surface area contributed by atoms with Crippen molar-refractivity contribution in [3.8, 4) is 28.3 Å². The van der Waals surface area contributed by atoms with Gasteiger partial charge in [-0.25, -0.2) is 14.6 Å². The number of imidazole rings is 1.